The zero-order valence-corrected chi connectivity index (χ0v) is 23.8. The van der Waals surface area contributed by atoms with Crippen LogP contribution in [-0.2, 0) is 13.6 Å². The lowest BCUT2D eigenvalue weighted by atomic mass is 10.00. The lowest BCUT2D eigenvalue weighted by molar-refractivity contribution is 0.0952. The molecule has 1 aliphatic heterocycles. The molecule has 0 bridgehead atoms. The fourth-order valence-electron chi connectivity index (χ4n) is 5.35. The monoisotopic (exact) mass is 526 g/mol. The van der Waals surface area contributed by atoms with Gasteiger partial charge in [0.1, 0.15) is 5.82 Å². The number of aromatic nitrogens is 3. The van der Waals surface area contributed by atoms with Crippen molar-refractivity contribution in [2.24, 2.45) is 7.05 Å². The van der Waals surface area contributed by atoms with Crippen LogP contribution in [0.25, 0.3) is 22.0 Å². The Kier molecular flexibility index (Phi) is 7.32. The second-order valence-electron chi connectivity index (χ2n) is 11.0. The van der Waals surface area contributed by atoms with Crippen LogP contribution in [0.2, 0.25) is 0 Å². The van der Waals surface area contributed by atoms with Crippen molar-refractivity contribution in [3.63, 3.8) is 0 Å². The van der Waals surface area contributed by atoms with E-state index in [1.54, 1.807) is 11.6 Å². The zero-order valence-electron chi connectivity index (χ0n) is 23.8. The first-order valence-electron chi connectivity index (χ1n) is 13.6. The maximum absolute atomic E-state index is 13.6. The van der Waals surface area contributed by atoms with Crippen LogP contribution in [-0.4, -0.2) is 58.2 Å². The quantitative estimate of drug-likeness (QED) is 0.406. The van der Waals surface area contributed by atoms with Gasteiger partial charge in [-0.1, -0.05) is 0 Å². The second-order valence-corrected chi connectivity index (χ2v) is 11.0. The Hall–Kier alpha value is -3.91. The molecule has 1 N–H and O–H groups in total. The number of aryl methyl sites for hydroxylation is 2. The number of carbonyl (C=O) groups is 1. The van der Waals surface area contributed by atoms with E-state index in [1.807, 2.05) is 44.4 Å². The van der Waals surface area contributed by atoms with Crippen LogP contribution in [0.4, 0.5) is 5.82 Å². The Morgan fingerprint density at radius 3 is 2.41 bits per heavy atom. The van der Waals surface area contributed by atoms with Gasteiger partial charge in [0.25, 0.3) is 11.5 Å². The molecule has 5 rings (SSSR count). The summed E-state index contributed by atoms with van der Waals surface area (Å²) in [6, 6.07) is 12.5. The summed E-state index contributed by atoms with van der Waals surface area (Å²) >= 11 is 0. The molecule has 4 heterocycles. The highest BCUT2D eigenvalue weighted by molar-refractivity contribution is 6.08. The molecule has 0 unspecified atom stereocenters. The summed E-state index contributed by atoms with van der Waals surface area (Å²) in [5.74, 6) is 0.777. The molecule has 0 atom stereocenters. The van der Waals surface area contributed by atoms with E-state index in [0.717, 1.165) is 65.3 Å². The first-order chi connectivity index (χ1) is 18.6. The molecule has 1 aromatic carbocycles. The molecule has 1 saturated heterocycles. The summed E-state index contributed by atoms with van der Waals surface area (Å²) < 4.78 is 3.80. The van der Waals surface area contributed by atoms with E-state index in [-0.39, 0.29) is 24.1 Å². The molecule has 1 aliphatic rings. The van der Waals surface area contributed by atoms with Crippen molar-refractivity contribution >= 4 is 22.6 Å². The maximum Gasteiger partial charge on any atom is 0.255 e. The highest BCUT2D eigenvalue weighted by Gasteiger charge is 2.19. The normalized spacial score (nSPS) is 14.4. The predicted molar refractivity (Wildman–Crippen MR) is 158 cm³/mol. The molecule has 1 amide bonds. The summed E-state index contributed by atoms with van der Waals surface area (Å²) in [4.78, 5) is 35.9. The molecule has 39 heavy (non-hydrogen) atoms. The number of nitrogens with zero attached hydrogens (tertiary/aromatic N) is 5. The Morgan fingerprint density at radius 1 is 1.00 bits per heavy atom. The van der Waals surface area contributed by atoms with E-state index < -0.39 is 0 Å². The van der Waals surface area contributed by atoms with Crippen molar-refractivity contribution in [2.45, 2.75) is 40.3 Å². The number of hydrogen-bond donors (Lipinski definition) is 1. The second kappa shape index (κ2) is 10.7. The number of hydrogen-bond acceptors (Lipinski definition) is 5. The molecule has 3 aromatic heterocycles. The Bertz CT molecular complexity index is 1570. The highest BCUT2D eigenvalue weighted by atomic mass is 16.2. The average molecular weight is 527 g/mol. The van der Waals surface area contributed by atoms with Crippen LogP contribution in [0.3, 0.4) is 0 Å². The Labute approximate surface area is 229 Å². The van der Waals surface area contributed by atoms with Gasteiger partial charge in [-0.25, -0.2) is 4.98 Å². The van der Waals surface area contributed by atoms with Gasteiger partial charge < -0.3 is 24.3 Å². The van der Waals surface area contributed by atoms with E-state index in [4.69, 9.17) is 4.98 Å². The lowest BCUT2D eigenvalue weighted by Gasteiger charge is -2.33. The van der Waals surface area contributed by atoms with Crippen molar-refractivity contribution in [3.8, 4) is 11.1 Å². The third kappa shape index (κ3) is 5.21. The molecular weight excluding hydrogens is 488 g/mol. The molecule has 0 spiro atoms. The number of piperazine rings is 1. The molecule has 204 valence electrons. The smallest absolute Gasteiger partial charge is 0.255 e. The fourth-order valence-corrected chi connectivity index (χ4v) is 5.35. The van der Waals surface area contributed by atoms with E-state index in [9.17, 15) is 9.59 Å². The van der Waals surface area contributed by atoms with Crippen molar-refractivity contribution in [3.05, 3.63) is 81.5 Å². The molecule has 8 nitrogen and oxygen atoms in total. The average Bonchev–Trinajstić information content (AvgIpc) is 3.36. The van der Waals surface area contributed by atoms with Gasteiger partial charge in [0.05, 0.1) is 0 Å². The van der Waals surface area contributed by atoms with Crippen molar-refractivity contribution in [2.75, 3.05) is 38.1 Å². The number of anilines is 1. The molecule has 8 heteroatoms. The number of nitrogens with one attached hydrogen (secondary N) is 1. The Morgan fingerprint density at radius 2 is 1.74 bits per heavy atom. The number of fused-ring (bicyclic) bond motifs is 1. The predicted octanol–water partition coefficient (Wildman–Crippen LogP) is 4.28. The van der Waals surface area contributed by atoms with Gasteiger partial charge in [-0.15, -0.1) is 0 Å². The van der Waals surface area contributed by atoms with Gasteiger partial charge in [-0.3, -0.25) is 9.59 Å². The third-order valence-electron chi connectivity index (χ3n) is 7.97. The van der Waals surface area contributed by atoms with E-state index >= 15 is 0 Å². The topological polar surface area (TPSA) is 75.4 Å². The summed E-state index contributed by atoms with van der Waals surface area (Å²) in [6.07, 6.45) is 3.93. The first kappa shape index (κ1) is 26.7. The third-order valence-corrected chi connectivity index (χ3v) is 7.97. The minimum absolute atomic E-state index is 0.0795. The standard InChI is InChI=1S/C31H38N6O2/c1-20(2)37-10-9-25-26(30(38)33-19-27-21(3)15-22(4)35(6)31(27)39)16-24(17-28(25)37)23-7-8-29(32-18-23)36-13-11-34(5)12-14-36/h7-10,15-18,20H,11-14,19H2,1-6H3,(H,33,38). The van der Waals surface area contributed by atoms with Gasteiger partial charge >= 0.3 is 0 Å². The van der Waals surface area contributed by atoms with Crippen LogP contribution in [0.1, 0.15) is 47.1 Å². The van der Waals surface area contributed by atoms with Crippen LogP contribution >= 0.6 is 0 Å². The van der Waals surface area contributed by atoms with Crippen LogP contribution in [0.15, 0.2) is 53.6 Å². The summed E-state index contributed by atoms with van der Waals surface area (Å²) in [5, 5.41) is 3.91. The van der Waals surface area contributed by atoms with Crippen molar-refractivity contribution in [1.82, 2.24) is 24.3 Å². The van der Waals surface area contributed by atoms with E-state index in [1.165, 1.54) is 0 Å². The number of pyridine rings is 2. The summed E-state index contributed by atoms with van der Waals surface area (Å²) in [6.45, 7) is 12.2. The summed E-state index contributed by atoms with van der Waals surface area (Å²) in [5.41, 5.74) is 5.79. The van der Waals surface area contributed by atoms with Gasteiger partial charge in [0, 0.05) is 91.5 Å². The minimum Gasteiger partial charge on any atom is -0.354 e. The number of carbonyl (C=O) groups excluding carboxylic acids is 1. The summed E-state index contributed by atoms with van der Waals surface area (Å²) in [7, 11) is 3.90. The number of likely N-dealkylation sites (N-methyl/N-ethyl adjacent to an activating group) is 1. The lowest BCUT2D eigenvalue weighted by Crippen LogP contribution is -2.44. The van der Waals surface area contributed by atoms with Gasteiger partial charge in [0.2, 0.25) is 0 Å². The van der Waals surface area contributed by atoms with Crippen LogP contribution < -0.4 is 15.8 Å². The minimum atomic E-state index is -0.201. The number of benzene rings is 1. The van der Waals surface area contributed by atoms with Gasteiger partial charge in [-0.05, 0) is 82.3 Å². The van der Waals surface area contributed by atoms with Crippen LogP contribution in [0, 0.1) is 13.8 Å². The SMILES string of the molecule is Cc1cc(C)n(C)c(=O)c1CNC(=O)c1cc(-c2ccc(N3CCN(C)CC3)nc2)cc2c1ccn2C(C)C. The van der Waals surface area contributed by atoms with Gasteiger partial charge in [-0.2, -0.15) is 0 Å². The maximum atomic E-state index is 13.6. The van der Waals surface area contributed by atoms with Crippen molar-refractivity contribution in [1.29, 1.82) is 0 Å². The van der Waals surface area contributed by atoms with Crippen LogP contribution in [0.5, 0.6) is 0 Å². The largest absolute Gasteiger partial charge is 0.354 e. The van der Waals surface area contributed by atoms with Crippen molar-refractivity contribution < 1.29 is 4.79 Å². The number of amides is 1. The Balaban J connectivity index is 1.48. The van der Waals surface area contributed by atoms with Gasteiger partial charge in [0.15, 0.2) is 0 Å². The van der Waals surface area contributed by atoms with E-state index in [2.05, 4.69) is 58.8 Å². The highest BCUT2D eigenvalue weighted by Crippen LogP contribution is 2.31. The fraction of sp³-hybridized carbons (Fsp3) is 0.387. The molecular formula is C31H38N6O2. The molecule has 1 fully saturated rings. The molecule has 0 aliphatic carbocycles. The van der Waals surface area contributed by atoms with E-state index in [0.29, 0.717) is 11.1 Å². The molecule has 4 aromatic rings. The zero-order chi connectivity index (χ0) is 27.8. The molecule has 0 saturated carbocycles. The number of rotatable bonds is 6. The molecule has 0 radical (unpaired) electrons. The first-order valence-corrected chi connectivity index (χ1v) is 13.6.